The van der Waals surface area contributed by atoms with Crippen molar-refractivity contribution < 1.29 is 13.2 Å². The Morgan fingerprint density at radius 1 is 1.00 bits per heavy atom. The zero-order valence-corrected chi connectivity index (χ0v) is 23.8. The zero-order chi connectivity index (χ0) is 26.0. The molecule has 1 aliphatic rings. The molecule has 0 spiro atoms. The van der Waals surface area contributed by atoms with Gasteiger partial charge in [-0.1, -0.05) is 61.3 Å². The van der Waals surface area contributed by atoms with Crippen molar-refractivity contribution in [1.29, 1.82) is 0 Å². The molecule has 0 aromatic heterocycles. The molecule has 2 atom stereocenters. The molecule has 0 amide bonds. The smallest absolute Gasteiger partial charge is 0.213 e. The lowest BCUT2D eigenvalue weighted by Crippen LogP contribution is -2.36. The minimum atomic E-state index is -3.19. The molecule has 0 fully saturated rings. The number of ether oxygens (including phenoxy) is 1. The number of hydrogen-bond donors (Lipinski definition) is 2. The Bertz CT molecular complexity index is 1060. The van der Waals surface area contributed by atoms with Crippen LogP contribution < -0.4 is 14.2 Å². The molecule has 2 aromatic rings. The standard InChI is InChI=1S/C29H42N2O3S2/c1-22(2)36(32,33)31-21-23(3)26-11-13-28(14-12-26)27-9-5-24(6-10-27)17-19-30-35-20-18-25-7-15-29(34-4)16-8-25/h5-10,13,15-16,22-23,26,30-31H,11-12,14,17-21H2,1-4H3. The molecule has 1 aliphatic carbocycles. The Labute approximate surface area is 222 Å². The summed E-state index contributed by atoms with van der Waals surface area (Å²) in [4.78, 5) is 0. The first-order chi connectivity index (χ1) is 17.3. The minimum absolute atomic E-state index is 0.334. The summed E-state index contributed by atoms with van der Waals surface area (Å²) in [5.74, 6) is 2.80. The summed E-state index contributed by atoms with van der Waals surface area (Å²) in [5.41, 5.74) is 5.41. The van der Waals surface area contributed by atoms with Crippen LogP contribution in [0, 0.1) is 11.8 Å². The van der Waals surface area contributed by atoms with E-state index >= 15 is 0 Å². The second-order valence-electron chi connectivity index (χ2n) is 9.97. The third-order valence-corrected chi connectivity index (χ3v) is 9.70. The van der Waals surface area contributed by atoms with Gasteiger partial charge in [-0.05, 0) is 92.2 Å². The number of hydrogen-bond acceptors (Lipinski definition) is 5. The van der Waals surface area contributed by atoms with E-state index in [2.05, 4.69) is 58.8 Å². The van der Waals surface area contributed by atoms with E-state index in [1.807, 2.05) is 12.1 Å². The van der Waals surface area contributed by atoms with Crippen molar-refractivity contribution in [2.45, 2.75) is 58.1 Å². The van der Waals surface area contributed by atoms with Crippen molar-refractivity contribution in [1.82, 2.24) is 9.44 Å². The lowest BCUT2D eigenvalue weighted by atomic mass is 9.80. The van der Waals surface area contributed by atoms with Gasteiger partial charge < -0.3 is 4.74 Å². The summed E-state index contributed by atoms with van der Waals surface area (Å²) in [7, 11) is -1.50. The molecule has 0 aliphatic heterocycles. The van der Waals surface area contributed by atoms with Gasteiger partial charge in [0.1, 0.15) is 5.75 Å². The largest absolute Gasteiger partial charge is 0.497 e. The van der Waals surface area contributed by atoms with Gasteiger partial charge in [-0.3, -0.25) is 4.72 Å². The summed E-state index contributed by atoms with van der Waals surface area (Å²) >= 11 is 1.78. The van der Waals surface area contributed by atoms with Crippen molar-refractivity contribution >= 4 is 27.5 Å². The maximum Gasteiger partial charge on any atom is 0.213 e. The summed E-state index contributed by atoms with van der Waals surface area (Å²) in [6.07, 6.45) is 7.59. The van der Waals surface area contributed by atoms with Gasteiger partial charge in [-0.25, -0.2) is 13.1 Å². The third-order valence-electron chi connectivity index (χ3n) is 7.08. The third kappa shape index (κ3) is 8.94. The first-order valence-corrected chi connectivity index (χ1v) is 15.6. The highest BCUT2D eigenvalue weighted by Gasteiger charge is 2.23. The Hall–Kier alpha value is -1.80. The molecule has 2 N–H and O–H groups in total. The van der Waals surface area contributed by atoms with Crippen LogP contribution in [0.2, 0.25) is 0 Å². The fourth-order valence-electron chi connectivity index (χ4n) is 4.40. The molecule has 0 saturated heterocycles. The van der Waals surface area contributed by atoms with E-state index < -0.39 is 10.0 Å². The van der Waals surface area contributed by atoms with Gasteiger partial charge >= 0.3 is 0 Å². The van der Waals surface area contributed by atoms with E-state index in [1.54, 1.807) is 32.9 Å². The van der Waals surface area contributed by atoms with E-state index in [1.165, 1.54) is 22.3 Å². The molecular weight excluding hydrogens is 488 g/mol. The van der Waals surface area contributed by atoms with Gasteiger partial charge in [0.2, 0.25) is 10.0 Å². The average Bonchev–Trinajstić information content (AvgIpc) is 2.90. The molecule has 5 nitrogen and oxygen atoms in total. The maximum atomic E-state index is 12.0. The molecule has 7 heteroatoms. The number of benzene rings is 2. The van der Waals surface area contributed by atoms with Crippen LogP contribution in [0.15, 0.2) is 54.6 Å². The normalized spacial score (nSPS) is 17.1. The topological polar surface area (TPSA) is 67.4 Å². The molecule has 36 heavy (non-hydrogen) atoms. The van der Waals surface area contributed by atoms with Gasteiger partial charge in [0, 0.05) is 18.8 Å². The van der Waals surface area contributed by atoms with Crippen molar-refractivity contribution in [3.05, 3.63) is 71.3 Å². The lowest BCUT2D eigenvalue weighted by molar-refractivity contribution is 0.334. The van der Waals surface area contributed by atoms with E-state index in [9.17, 15) is 8.42 Å². The highest BCUT2D eigenvalue weighted by Crippen LogP contribution is 2.34. The molecule has 198 valence electrons. The Balaban J connectivity index is 1.35. The van der Waals surface area contributed by atoms with Crippen LogP contribution in [0.3, 0.4) is 0 Å². The molecule has 0 saturated carbocycles. The van der Waals surface area contributed by atoms with Crippen molar-refractivity contribution in [3.63, 3.8) is 0 Å². The predicted octanol–water partition coefficient (Wildman–Crippen LogP) is 5.87. The number of sulfonamides is 1. The summed E-state index contributed by atoms with van der Waals surface area (Å²) in [6, 6.07) is 17.3. The van der Waals surface area contributed by atoms with Crippen LogP contribution in [-0.2, 0) is 22.9 Å². The molecule has 0 radical (unpaired) electrons. The summed E-state index contributed by atoms with van der Waals surface area (Å²) in [6.45, 7) is 7.07. The second kappa shape index (κ2) is 14.2. The monoisotopic (exact) mass is 530 g/mol. The number of allylic oxidation sites excluding steroid dienone is 2. The van der Waals surface area contributed by atoms with E-state index in [-0.39, 0.29) is 5.25 Å². The molecule has 0 heterocycles. The van der Waals surface area contributed by atoms with Gasteiger partial charge in [0.15, 0.2) is 0 Å². The Morgan fingerprint density at radius 3 is 2.28 bits per heavy atom. The summed E-state index contributed by atoms with van der Waals surface area (Å²) in [5, 5.41) is -0.384. The molecular formula is C29H42N2O3S2. The number of methoxy groups -OCH3 is 1. The Kier molecular flexibility index (Phi) is 11.4. The highest BCUT2D eigenvalue weighted by molar-refractivity contribution is 7.97. The first kappa shape index (κ1) is 28.8. The van der Waals surface area contributed by atoms with Gasteiger partial charge in [-0.15, -0.1) is 0 Å². The van der Waals surface area contributed by atoms with Gasteiger partial charge in [0.05, 0.1) is 12.4 Å². The van der Waals surface area contributed by atoms with Crippen LogP contribution >= 0.6 is 11.9 Å². The average molecular weight is 531 g/mol. The fourth-order valence-corrected chi connectivity index (χ4v) is 5.96. The Morgan fingerprint density at radius 2 is 1.67 bits per heavy atom. The second-order valence-corrected chi connectivity index (χ2v) is 13.3. The number of nitrogens with one attached hydrogen (secondary N) is 2. The van der Waals surface area contributed by atoms with E-state index in [0.717, 1.165) is 50.2 Å². The van der Waals surface area contributed by atoms with Crippen LogP contribution in [0.5, 0.6) is 5.75 Å². The van der Waals surface area contributed by atoms with Crippen LogP contribution in [0.1, 0.15) is 56.7 Å². The van der Waals surface area contributed by atoms with Crippen LogP contribution in [0.25, 0.3) is 5.57 Å². The molecule has 0 bridgehead atoms. The molecule has 2 unspecified atom stereocenters. The van der Waals surface area contributed by atoms with Gasteiger partial charge in [0.25, 0.3) is 0 Å². The van der Waals surface area contributed by atoms with E-state index in [0.29, 0.717) is 18.4 Å². The highest BCUT2D eigenvalue weighted by atomic mass is 32.2. The first-order valence-electron chi connectivity index (χ1n) is 13.0. The number of aryl methyl sites for hydroxylation is 1. The summed E-state index contributed by atoms with van der Waals surface area (Å²) < 4.78 is 35.5. The van der Waals surface area contributed by atoms with Crippen molar-refractivity contribution in [3.8, 4) is 5.75 Å². The SMILES string of the molecule is COc1ccc(CCSNCCc2ccc(C3=CCC(C(C)CNS(=O)(=O)C(C)C)CC3)cc2)cc1. The zero-order valence-electron chi connectivity index (χ0n) is 22.1. The van der Waals surface area contributed by atoms with Crippen molar-refractivity contribution in [2.24, 2.45) is 11.8 Å². The van der Waals surface area contributed by atoms with Crippen molar-refractivity contribution in [2.75, 3.05) is 26.0 Å². The van der Waals surface area contributed by atoms with E-state index in [4.69, 9.17) is 4.74 Å². The fraction of sp³-hybridized carbons (Fsp3) is 0.517. The maximum absolute atomic E-state index is 12.0. The van der Waals surface area contributed by atoms with Crippen LogP contribution in [0.4, 0.5) is 0 Å². The minimum Gasteiger partial charge on any atom is -0.497 e. The van der Waals surface area contributed by atoms with Gasteiger partial charge in [-0.2, -0.15) is 0 Å². The quantitative estimate of drug-likeness (QED) is 0.236. The molecule has 3 rings (SSSR count). The van der Waals surface area contributed by atoms with Crippen LogP contribution in [-0.4, -0.2) is 39.6 Å². The lowest BCUT2D eigenvalue weighted by Gasteiger charge is -2.28. The molecule has 2 aromatic carbocycles. The number of rotatable bonds is 14. The predicted molar refractivity (Wildman–Crippen MR) is 154 cm³/mol.